The summed E-state index contributed by atoms with van der Waals surface area (Å²) in [6.45, 7) is 5.55. The maximum atomic E-state index is 11.5. The zero-order valence-electron chi connectivity index (χ0n) is 9.43. The largest absolute Gasteiger partial charge is 0.389 e. The molecule has 1 rings (SSSR count). The summed E-state index contributed by atoms with van der Waals surface area (Å²) in [5, 5.41) is 16.7. The molecule has 0 fully saturated rings. The van der Waals surface area contributed by atoms with E-state index in [1.165, 1.54) is 16.9 Å². The van der Waals surface area contributed by atoms with Crippen molar-refractivity contribution in [3.8, 4) is 0 Å². The first-order chi connectivity index (χ1) is 7.28. The van der Waals surface area contributed by atoms with Crippen LogP contribution in [-0.2, 0) is 11.3 Å². The maximum Gasteiger partial charge on any atom is 0.389 e. The molecule has 0 aromatic carbocycles. The summed E-state index contributed by atoms with van der Waals surface area (Å²) < 4.78 is 1.24. The molecule has 7 heteroatoms. The first-order valence-corrected chi connectivity index (χ1v) is 4.77. The molecule has 1 N–H and O–H groups in total. The molecule has 0 unspecified atom stereocenters. The van der Waals surface area contributed by atoms with Crippen molar-refractivity contribution in [2.75, 3.05) is 0 Å². The van der Waals surface area contributed by atoms with Gasteiger partial charge in [0.05, 0.1) is 17.4 Å². The lowest BCUT2D eigenvalue weighted by Gasteiger charge is -2.19. The van der Waals surface area contributed by atoms with Crippen molar-refractivity contribution in [1.82, 2.24) is 15.1 Å². The molecule has 0 spiro atoms. The van der Waals surface area contributed by atoms with Crippen LogP contribution in [0.15, 0.2) is 12.3 Å². The number of nitro groups is 1. The van der Waals surface area contributed by atoms with Crippen LogP contribution < -0.4 is 5.32 Å². The number of nitrogens with zero attached hydrogens (tertiary/aromatic N) is 3. The van der Waals surface area contributed by atoms with Crippen LogP contribution in [0.3, 0.4) is 0 Å². The van der Waals surface area contributed by atoms with Crippen LogP contribution in [-0.4, -0.2) is 26.1 Å². The van der Waals surface area contributed by atoms with Gasteiger partial charge in [-0.1, -0.05) is 0 Å². The highest BCUT2D eigenvalue weighted by Crippen LogP contribution is 2.05. The van der Waals surface area contributed by atoms with E-state index >= 15 is 0 Å². The van der Waals surface area contributed by atoms with E-state index in [0.29, 0.717) is 0 Å². The van der Waals surface area contributed by atoms with E-state index in [0.717, 1.165) is 0 Å². The SMILES string of the molecule is CC(C)(C)NC(=O)Cn1ccc([N+](=O)[O-])n1. The van der Waals surface area contributed by atoms with E-state index in [-0.39, 0.29) is 23.8 Å². The van der Waals surface area contributed by atoms with Gasteiger partial charge in [0.15, 0.2) is 0 Å². The lowest BCUT2D eigenvalue weighted by atomic mass is 10.1. The number of carbonyl (C=O) groups is 1. The summed E-state index contributed by atoms with van der Waals surface area (Å²) in [6, 6.07) is 1.25. The van der Waals surface area contributed by atoms with E-state index in [2.05, 4.69) is 10.4 Å². The van der Waals surface area contributed by atoms with Gasteiger partial charge in [-0.25, -0.2) is 0 Å². The van der Waals surface area contributed by atoms with Gasteiger partial charge in [0.25, 0.3) is 0 Å². The number of amides is 1. The van der Waals surface area contributed by atoms with Gasteiger partial charge in [0, 0.05) is 5.54 Å². The minimum absolute atomic E-state index is 0.0227. The molecule has 7 nitrogen and oxygen atoms in total. The van der Waals surface area contributed by atoms with Crippen molar-refractivity contribution in [3.05, 3.63) is 22.4 Å². The van der Waals surface area contributed by atoms with Gasteiger partial charge in [0.2, 0.25) is 5.91 Å². The van der Waals surface area contributed by atoms with Gasteiger partial charge in [-0.3, -0.25) is 4.79 Å². The minimum Gasteiger partial charge on any atom is -0.358 e. The molecular weight excluding hydrogens is 212 g/mol. The zero-order valence-corrected chi connectivity index (χ0v) is 9.43. The van der Waals surface area contributed by atoms with Gasteiger partial charge in [-0.2, -0.15) is 4.68 Å². The number of aromatic nitrogens is 2. The Labute approximate surface area is 92.6 Å². The summed E-state index contributed by atoms with van der Waals surface area (Å²) in [5.74, 6) is -0.492. The van der Waals surface area contributed by atoms with E-state index in [1.807, 2.05) is 20.8 Å². The average molecular weight is 226 g/mol. The van der Waals surface area contributed by atoms with Gasteiger partial charge in [-0.15, -0.1) is 0 Å². The smallest absolute Gasteiger partial charge is 0.358 e. The Morgan fingerprint density at radius 2 is 2.25 bits per heavy atom. The van der Waals surface area contributed by atoms with Crippen molar-refractivity contribution in [2.45, 2.75) is 32.9 Å². The van der Waals surface area contributed by atoms with Crippen molar-refractivity contribution >= 4 is 11.7 Å². The van der Waals surface area contributed by atoms with Crippen LogP contribution in [0.1, 0.15) is 20.8 Å². The fourth-order valence-corrected chi connectivity index (χ4v) is 1.14. The average Bonchev–Trinajstić information content (AvgIpc) is 2.48. The summed E-state index contributed by atoms with van der Waals surface area (Å²) in [7, 11) is 0. The molecule has 1 aromatic heterocycles. The molecule has 16 heavy (non-hydrogen) atoms. The van der Waals surface area contributed by atoms with E-state index in [1.54, 1.807) is 0 Å². The molecule has 0 radical (unpaired) electrons. The minimum atomic E-state index is -0.599. The molecule has 1 amide bonds. The van der Waals surface area contributed by atoms with Crippen LogP contribution in [0.4, 0.5) is 5.82 Å². The Morgan fingerprint density at radius 1 is 1.62 bits per heavy atom. The second kappa shape index (κ2) is 4.30. The van der Waals surface area contributed by atoms with Gasteiger partial charge >= 0.3 is 5.82 Å². The summed E-state index contributed by atoms with van der Waals surface area (Å²) >= 11 is 0. The summed E-state index contributed by atoms with van der Waals surface area (Å²) in [4.78, 5) is 21.2. The van der Waals surface area contributed by atoms with Crippen molar-refractivity contribution in [3.63, 3.8) is 0 Å². The van der Waals surface area contributed by atoms with Crippen LogP contribution in [0, 0.1) is 10.1 Å². The topological polar surface area (TPSA) is 90.1 Å². The quantitative estimate of drug-likeness (QED) is 0.607. The molecule has 0 saturated heterocycles. The molecule has 88 valence electrons. The summed E-state index contributed by atoms with van der Waals surface area (Å²) in [5.41, 5.74) is -0.323. The predicted octanol–water partition coefficient (Wildman–Crippen LogP) is 0.706. The molecule has 1 aromatic rings. The van der Waals surface area contributed by atoms with E-state index < -0.39 is 4.92 Å². The number of carbonyl (C=O) groups excluding carboxylic acids is 1. The molecule has 0 atom stereocenters. The first-order valence-electron chi connectivity index (χ1n) is 4.77. The van der Waals surface area contributed by atoms with E-state index in [9.17, 15) is 14.9 Å². The third-order valence-corrected chi connectivity index (χ3v) is 1.63. The molecule has 0 saturated carbocycles. The van der Waals surface area contributed by atoms with Crippen molar-refractivity contribution in [2.24, 2.45) is 0 Å². The number of nitrogens with one attached hydrogen (secondary N) is 1. The van der Waals surface area contributed by atoms with Crippen molar-refractivity contribution in [1.29, 1.82) is 0 Å². The fraction of sp³-hybridized carbons (Fsp3) is 0.556. The molecule has 0 aliphatic heterocycles. The van der Waals surface area contributed by atoms with E-state index in [4.69, 9.17) is 0 Å². The fourth-order valence-electron chi connectivity index (χ4n) is 1.14. The highest BCUT2D eigenvalue weighted by Gasteiger charge is 2.17. The van der Waals surface area contributed by atoms with Crippen LogP contribution in [0.2, 0.25) is 0 Å². The predicted molar refractivity (Wildman–Crippen MR) is 56.8 cm³/mol. The highest BCUT2D eigenvalue weighted by molar-refractivity contribution is 5.76. The second-order valence-corrected chi connectivity index (χ2v) is 4.43. The summed E-state index contributed by atoms with van der Waals surface area (Å²) in [6.07, 6.45) is 1.40. The Hall–Kier alpha value is -1.92. The number of hydrogen-bond acceptors (Lipinski definition) is 4. The Bertz CT molecular complexity index is 405. The van der Waals surface area contributed by atoms with Gasteiger partial charge in [0.1, 0.15) is 6.54 Å². The Balaban J connectivity index is 2.60. The number of hydrogen-bond donors (Lipinski definition) is 1. The van der Waals surface area contributed by atoms with Crippen molar-refractivity contribution < 1.29 is 9.72 Å². The molecule has 0 bridgehead atoms. The number of rotatable bonds is 3. The molecule has 0 aliphatic rings. The Kier molecular flexibility index (Phi) is 3.26. The maximum absolute atomic E-state index is 11.5. The van der Waals surface area contributed by atoms with Gasteiger partial charge in [-0.05, 0) is 25.7 Å². The van der Waals surface area contributed by atoms with Crippen LogP contribution >= 0.6 is 0 Å². The Morgan fingerprint density at radius 3 is 2.69 bits per heavy atom. The second-order valence-electron chi connectivity index (χ2n) is 4.43. The molecule has 1 heterocycles. The monoisotopic (exact) mass is 226 g/mol. The third kappa shape index (κ3) is 3.68. The molecule has 0 aliphatic carbocycles. The zero-order chi connectivity index (χ0) is 12.3. The van der Waals surface area contributed by atoms with Crippen LogP contribution in [0.25, 0.3) is 0 Å². The molecular formula is C9H14N4O3. The third-order valence-electron chi connectivity index (χ3n) is 1.63. The lowest BCUT2D eigenvalue weighted by Crippen LogP contribution is -2.42. The van der Waals surface area contributed by atoms with Gasteiger partial charge < -0.3 is 15.4 Å². The highest BCUT2D eigenvalue weighted by atomic mass is 16.6. The first kappa shape index (κ1) is 12.2. The standard InChI is InChI=1S/C9H14N4O3/c1-9(2,3)10-8(14)6-12-5-4-7(11-12)13(15)16/h4-5H,6H2,1-3H3,(H,10,14). The normalized spacial score (nSPS) is 11.2. The van der Waals surface area contributed by atoms with Crippen LogP contribution in [0.5, 0.6) is 0 Å². The lowest BCUT2D eigenvalue weighted by molar-refractivity contribution is -0.389.